The number of carbonyl (C=O) groups is 2. The van der Waals surface area contributed by atoms with Crippen LogP contribution in [0.2, 0.25) is 0 Å². The van der Waals surface area contributed by atoms with Crippen LogP contribution in [0.3, 0.4) is 0 Å². The molecule has 2 aromatic carbocycles. The Morgan fingerprint density at radius 1 is 1.00 bits per heavy atom. The Bertz CT molecular complexity index is 1010. The third-order valence-corrected chi connectivity index (χ3v) is 4.52. The van der Waals surface area contributed by atoms with Gasteiger partial charge in [-0.1, -0.05) is 30.3 Å². The number of benzene rings is 2. The third-order valence-electron chi connectivity index (χ3n) is 4.32. The Morgan fingerprint density at radius 3 is 2.32 bits per heavy atom. The van der Waals surface area contributed by atoms with E-state index in [-0.39, 0.29) is 11.8 Å². The van der Waals surface area contributed by atoms with Gasteiger partial charge in [0.2, 0.25) is 5.91 Å². The first-order valence-corrected chi connectivity index (χ1v) is 9.29. The first-order valence-electron chi connectivity index (χ1n) is 8.85. The number of carbonyl (C=O) groups excluding carboxylic acids is 2. The normalized spacial score (nSPS) is 11.7. The molecule has 3 rings (SSSR count). The molecule has 0 unspecified atom stereocenters. The van der Waals surface area contributed by atoms with Crippen molar-refractivity contribution in [3.63, 3.8) is 0 Å². The molecule has 144 valence electrons. The molecule has 7 heteroatoms. The average Bonchev–Trinajstić information content (AvgIpc) is 2.97. The lowest BCUT2D eigenvalue weighted by molar-refractivity contribution is -0.115. The standard InChI is InChI=1S/C21H21ClN4O2/c1-13(22)20(27)23-18-12-8-7-11-17(18)21(28)24-19-14(2)25-26(15(19)3)16-9-5-4-6-10-16/h4-13H,1-3H3,(H,23,27)(H,24,28)/t13-/m0/s1. The van der Waals surface area contributed by atoms with Gasteiger partial charge < -0.3 is 10.6 Å². The number of aryl methyl sites for hydroxylation is 1. The Kier molecular flexibility index (Phi) is 5.80. The highest BCUT2D eigenvalue weighted by Gasteiger charge is 2.19. The van der Waals surface area contributed by atoms with E-state index in [4.69, 9.17) is 11.6 Å². The smallest absolute Gasteiger partial charge is 0.257 e. The predicted molar refractivity (Wildman–Crippen MR) is 111 cm³/mol. The van der Waals surface area contributed by atoms with Gasteiger partial charge >= 0.3 is 0 Å². The van der Waals surface area contributed by atoms with Crippen molar-refractivity contribution >= 4 is 34.8 Å². The maximum Gasteiger partial charge on any atom is 0.257 e. The molecule has 6 nitrogen and oxygen atoms in total. The number of para-hydroxylation sites is 2. The van der Waals surface area contributed by atoms with E-state index < -0.39 is 5.38 Å². The summed E-state index contributed by atoms with van der Waals surface area (Å²) in [7, 11) is 0. The molecule has 0 saturated carbocycles. The summed E-state index contributed by atoms with van der Waals surface area (Å²) in [5.74, 6) is -0.705. The number of anilines is 2. The topological polar surface area (TPSA) is 76.0 Å². The van der Waals surface area contributed by atoms with Gasteiger partial charge in [-0.2, -0.15) is 5.10 Å². The summed E-state index contributed by atoms with van der Waals surface area (Å²) < 4.78 is 1.79. The van der Waals surface area contributed by atoms with Gasteiger partial charge in [0.1, 0.15) is 5.38 Å². The van der Waals surface area contributed by atoms with Crippen LogP contribution in [0.4, 0.5) is 11.4 Å². The number of rotatable bonds is 5. The molecule has 0 saturated heterocycles. The van der Waals surface area contributed by atoms with Gasteiger partial charge in [0.15, 0.2) is 0 Å². The molecular weight excluding hydrogens is 376 g/mol. The largest absolute Gasteiger partial charge is 0.324 e. The minimum absolute atomic E-state index is 0.336. The molecule has 0 aliphatic carbocycles. The Balaban J connectivity index is 1.89. The highest BCUT2D eigenvalue weighted by molar-refractivity contribution is 6.32. The van der Waals surface area contributed by atoms with Crippen LogP contribution in [0.5, 0.6) is 0 Å². The van der Waals surface area contributed by atoms with Gasteiger partial charge in [-0.05, 0) is 45.0 Å². The van der Waals surface area contributed by atoms with E-state index in [9.17, 15) is 9.59 Å². The monoisotopic (exact) mass is 396 g/mol. The molecule has 1 aromatic heterocycles. The van der Waals surface area contributed by atoms with Crippen LogP contribution in [0, 0.1) is 13.8 Å². The first-order chi connectivity index (χ1) is 13.4. The van der Waals surface area contributed by atoms with Gasteiger partial charge in [0.25, 0.3) is 5.91 Å². The molecule has 28 heavy (non-hydrogen) atoms. The molecule has 0 spiro atoms. The summed E-state index contributed by atoms with van der Waals surface area (Å²) in [5, 5.41) is 9.44. The number of amides is 2. The van der Waals surface area contributed by atoms with Crippen molar-refractivity contribution in [3.05, 3.63) is 71.5 Å². The molecule has 0 bridgehead atoms. The predicted octanol–water partition coefficient (Wildman–Crippen LogP) is 4.31. The summed E-state index contributed by atoms with van der Waals surface area (Å²) >= 11 is 5.82. The van der Waals surface area contributed by atoms with E-state index in [2.05, 4.69) is 15.7 Å². The maximum absolute atomic E-state index is 12.9. The first kappa shape index (κ1) is 19.6. The molecule has 0 aliphatic heterocycles. The highest BCUT2D eigenvalue weighted by atomic mass is 35.5. The van der Waals surface area contributed by atoms with E-state index in [1.165, 1.54) is 0 Å². The zero-order valence-corrected chi connectivity index (χ0v) is 16.6. The molecule has 0 aliphatic rings. The molecular formula is C21H21ClN4O2. The summed E-state index contributed by atoms with van der Waals surface area (Å²) in [6.45, 7) is 5.31. The van der Waals surface area contributed by atoms with Gasteiger partial charge in [-0.3, -0.25) is 9.59 Å². The van der Waals surface area contributed by atoms with Gasteiger partial charge in [0.05, 0.1) is 34.0 Å². The number of halogens is 1. The van der Waals surface area contributed by atoms with Crippen molar-refractivity contribution in [3.8, 4) is 5.69 Å². The van der Waals surface area contributed by atoms with E-state index in [0.29, 0.717) is 22.6 Å². The van der Waals surface area contributed by atoms with Crippen LogP contribution in [0.1, 0.15) is 28.7 Å². The number of hydrogen-bond acceptors (Lipinski definition) is 3. The van der Waals surface area contributed by atoms with Crippen molar-refractivity contribution in [2.75, 3.05) is 10.6 Å². The van der Waals surface area contributed by atoms with Gasteiger partial charge in [-0.25, -0.2) is 4.68 Å². The number of alkyl halides is 1. The van der Waals surface area contributed by atoms with Crippen molar-refractivity contribution in [2.45, 2.75) is 26.1 Å². The lowest BCUT2D eigenvalue weighted by atomic mass is 10.1. The summed E-state index contributed by atoms with van der Waals surface area (Å²) in [4.78, 5) is 24.8. The second-order valence-electron chi connectivity index (χ2n) is 6.40. The number of nitrogens with zero attached hydrogens (tertiary/aromatic N) is 2. The minimum Gasteiger partial charge on any atom is -0.324 e. The van der Waals surface area contributed by atoms with Gasteiger partial charge in [0, 0.05) is 0 Å². The quantitative estimate of drug-likeness (QED) is 0.631. The lowest BCUT2D eigenvalue weighted by Gasteiger charge is -2.12. The van der Waals surface area contributed by atoms with Crippen LogP contribution >= 0.6 is 11.6 Å². The maximum atomic E-state index is 12.9. The van der Waals surface area contributed by atoms with Gasteiger partial charge in [-0.15, -0.1) is 11.6 Å². The fourth-order valence-corrected chi connectivity index (χ4v) is 2.90. The summed E-state index contributed by atoms with van der Waals surface area (Å²) in [5.41, 5.74) is 3.81. The van der Waals surface area contributed by atoms with Crippen molar-refractivity contribution in [1.29, 1.82) is 0 Å². The van der Waals surface area contributed by atoms with E-state index in [0.717, 1.165) is 11.4 Å². The molecule has 2 N–H and O–H groups in total. The van der Waals surface area contributed by atoms with E-state index >= 15 is 0 Å². The molecule has 0 radical (unpaired) electrons. The fraction of sp³-hybridized carbons (Fsp3) is 0.190. The molecule has 0 fully saturated rings. The van der Waals surface area contributed by atoms with Crippen LogP contribution in [0.25, 0.3) is 5.69 Å². The average molecular weight is 397 g/mol. The zero-order valence-electron chi connectivity index (χ0n) is 15.9. The number of nitrogens with one attached hydrogen (secondary N) is 2. The third kappa shape index (κ3) is 4.07. The zero-order chi connectivity index (χ0) is 20.3. The van der Waals surface area contributed by atoms with Crippen LogP contribution in [0.15, 0.2) is 54.6 Å². The summed E-state index contributed by atoms with van der Waals surface area (Å²) in [6.07, 6.45) is 0. The minimum atomic E-state index is -0.704. The van der Waals surface area contributed by atoms with Crippen molar-refractivity contribution in [2.24, 2.45) is 0 Å². The molecule has 3 aromatic rings. The van der Waals surface area contributed by atoms with Crippen molar-refractivity contribution in [1.82, 2.24) is 9.78 Å². The molecule has 1 heterocycles. The molecule has 1 atom stereocenters. The van der Waals surface area contributed by atoms with E-state index in [1.54, 1.807) is 35.9 Å². The lowest BCUT2D eigenvalue weighted by Crippen LogP contribution is -2.23. The van der Waals surface area contributed by atoms with Crippen LogP contribution < -0.4 is 10.6 Å². The number of aromatic nitrogens is 2. The van der Waals surface area contributed by atoms with Crippen LogP contribution in [-0.4, -0.2) is 27.0 Å². The molecule has 2 amide bonds. The fourth-order valence-electron chi connectivity index (χ4n) is 2.85. The SMILES string of the molecule is Cc1nn(-c2ccccc2)c(C)c1NC(=O)c1ccccc1NC(=O)[C@H](C)Cl. The number of hydrogen-bond donors (Lipinski definition) is 2. The second-order valence-corrected chi connectivity index (χ2v) is 7.05. The Morgan fingerprint density at radius 2 is 1.64 bits per heavy atom. The second kappa shape index (κ2) is 8.27. The summed E-state index contributed by atoms with van der Waals surface area (Å²) in [6, 6.07) is 16.5. The van der Waals surface area contributed by atoms with E-state index in [1.807, 2.05) is 44.2 Å². The highest BCUT2D eigenvalue weighted by Crippen LogP contribution is 2.25. The Hall–Kier alpha value is -3.12. The van der Waals surface area contributed by atoms with Crippen LogP contribution in [-0.2, 0) is 4.79 Å². The Labute approximate surface area is 168 Å². The van der Waals surface area contributed by atoms with Crippen molar-refractivity contribution < 1.29 is 9.59 Å².